The van der Waals surface area contributed by atoms with E-state index in [1.807, 2.05) is 60.8 Å². The number of fused-ring (bicyclic) bond motifs is 1. The van der Waals surface area contributed by atoms with Crippen LogP contribution in [0.3, 0.4) is 0 Å². The maximum Gasteiger partial charge on any atom is 0.322 e. The van der Waals surface area contributed by atoms with Gasteiger partial charge in [0.25, 0.3) is 0 Å². The molecule has 0 aliphatic heterocycles. The lowest BCUT2D eigenvalue weighted by molar-refractivity contribution is 0.124. The van der Waals surface area contributed by atoms with Crippen LogP contribution in [0.2, 0.25) is 0 Å². The van der Waals surface area contributed by atoms with E-state index in [0.717, 1.165) is 35.0 Å². The lowest BCUT2D eigenvalue weighted by Gasteiger charge is -2.31. The van der Waals surface area contributed by atoms with Crippen LogP contribution in [-0.2, 0) is 6.54 Å². The van der Waals surface area contributed by atoms with Gasteiger partial charge < -0.3 is 20.3 Å². The fourth-order valence-corrected chi connectivity index (χ4v) is 3.43. The van der Waals surface area contributed by atoms with Crippen molar-refractivity contribution in [3.8, 4) is 0 Å². The van der Waals surface area contributed by atoms with E-state index in [-0.39, 0.29) is 18.7 Å². The molecular formula is C21H23N3O2. The molecule has 1 atom stereocenters. The molecule has 1 aromatic heterocycles. The molecule has 5 nitrogen and oxygen atoms in total. The first-order valence-corrected chi connectivity index (χ1v) is 9.04. The molecule has 134 valence electrons. The van der Waals surface area contributed by atoms with Crippen molar-refractivity contribution in [3.63, 3.8) is 0 Å². The minimum absolute atomic E-state index is 0.0121. The molecular weight excluding hydrogens is 326 g/mol. The van der Waals surface area contributed by atoms with E-state index in [1.165, 1.54) is 0 Å². The molecule has 0 saturated heterocycles. The number of carbonyl (C=O) groups is 1. The van der Waals surface area contributed by atoms with E-state index >= 15 is 0 Å². The van der Waals surface area contributed by atoms with Crippen LogP contribution in [0.25, 0.3) is 10.9 Å². The Labute approximate surface area is 152 Å². The highest BCUT2D eigenvalue weighted by atomic mass is 16.3. The molecule has 2 aromatic carbocycles. The second kappa shape index (κ2) is 7.22. The SMILES string of the molecule is O=C(Nc1ccc2[nH]ccc2c1)N(Cc1ccccc1)C(CO)C1CC1. The number of benzene rings is 2. The molecule has 26 heavy (non-hydrogen) atoms. The third kappa shape index (κ3) is 3.58. The van der Waals surface area contributed by atoms with E-state index in [0.29, 0.717) is 12.5 Å². The largest absolute Gasteiger partial charge is 0.394 e. The molecule has 0 spiro atoms. The first-order chi connectivity index (χ1) is 12.7. The molecule has 3 N–H and O–H groups in total. The molecule has 0 radical (unpaired) electrons. The van der Waals surface area contributed by atoms with Gasteiger partial charge in [-0.1, -0.05) is 30.3 Å². The van der Waals surface area contributed by atoms with E-state index in [9.17, 15) is 9.90 Å². The smallest absolute Gasteiger partial charge is 0.322 e. The zero-order chi connectivity index (χ0) is 17.9. The van der Waals surface area contributed by atoms with Gasteiger partial charge in [0.2, 0.25) is 0 Å². The normalized spacial score (nSPS) is 15.0. The van der Waals surface area contributed by atoms with Crippen LogP contribution in [-0.4, -0.2) is 33.7 Å². The number of anilines is 1. The maximum absolute atomic E-state index is 13.0. The number of amides is 2. The van der Waals surface area contributed by atoms with Gasteiger partial charge in [0, 0.05) is 29.3 Å². The van der Waals surface area contributed by atoms with Crippen molar-refractivity contribution in [2.75, 3.05) is 11.9 Å². The van der Waals surface area contributed by atoms with Gasteiger partial charge in [0.05, 0.1) is 12.6 Å². The van der Waals surface area contributed by atoms with Gasteiger partial charge in [-0.05, 0) is 48.6 Å². The van der Waals surface area contributed by atoms with Crippen LogP contribution in [0, 0.1) is 5.92 Å². The Balaban J connectivity index is 1.56. The van der Waals surface area contributed by atoms with Crippen molar-refractivity contribution in [2.45, 2.75) is 25.4 Å². The van der Waals surface area contributed by atoms with E-state index in [4.69, 9.17) is 0 Å². The highest BCUT2D eigenvalue weighted by Gasteiger charge is 2.37. The van der Waals surface area contributed by atoms with Crippen LogP contribution >= 0.6 is 0 Å². The summed E-state index contributed by atoms with van der Waals surface area (Å²) in [5.74, 6) is 0.390. The van der Waals surface area contributed by atoms with E-state index < -0.39 is 0 Å². The summed E-state index contributed by atoms with van der Waals surface area (Å²) in [6, 6.07) is 17.4. The Kier molecular flexibility index (Phi) is 4.63. The second-order valence-electron chi connectivity index (χ2n) is 6.91. The highest BCUT2D eigenvalue weighted by Crippen LogP contribution is 2.36. The van der Waals surface area contributed by atoms with Gasteiger partial charge in [-0.15, -0.1) is 0 Å². The molecule has 1 aliphatic rings. The third-order valence-corrected chi connectivity index (χ3v) is 5.01. The molecule has 1 fully saturated rings. The zero-order valence-electron chi connectivity index (χ0n) is 14.6. The summed E-state index contributed by atoms with van der Waals surface area (Å²) in [7, 11) is 0. The number of hydrogen-bond donors (Lipinski definition) is 3. The first-order valence-electron chi connectivity index (χ1n) is 9.04. The van der Waals surface area contributed by atoms with Crippen molar-refractivity contribution in [1.29, 1.82) is 0 Å². The quantitative estimate of drug-likeness (QED) is 0.630. The molecule has 4 rings (SSSR count). The first kappa shape index (κ1) is 16.7. The molecule has 2 amide bonds. The number of rotatable bonds is 6. The van der Waals surface area contributed by atoms with Gasteiger partial charge in [0.1, 0.15) is 0 Å². The Hall–Kier alpha value is -2.79. The van der Waals surface area contributed by atoms with Gasteiger partial charge >= 0.3 is 6.03 Å². The fourth-order valence-electron chi connectivity index (χ4n) is 3.43. The zero-order valence-corrected chi connectivity index (χ0v) is 14.6. The topological polar surface area (TPSA) is 68.4 Å². The van der Waals surface area contributed by atoms with Crippen LogP contribution in [0.5, 0.6) is 0 Å². The van der Waals surface area contributed by atoms with Gasteiger partial charge in [-0.25, -0.2) is 4.79 Å². The second-order valence-corrected chi connectivity index (χ2v) is 6.91. The van der Waals surface area contributed by atoms with Crippen LogP contribution in [0.1, 0.15) is 18.4 Å². The number of urea groups is 1. The number of aliphatic hydroxyl groups is 1. The maximum atomic E-state index is 13.0. The number of aromatic amines is 1. The predicted molar refractivity (Wildman–Crippen MR) is 103 cm³/mol. The molecule has 1 aliphatic carbocycles. The Morgan fingerprint density at radius 1 is 1.19 bits per heavy atom. The summed E-state index contributed by atoms with van der Waals surface area (Å²) in [4.78, 5) is 17.9. The molecule has 1 saturated carbocycles. The fraction of sp³-hybridized carbons (Fsp3) is 0.286. The molecule has 3 aromatic rings. The van der Waals surface area contributed by atoms with Crippen LogP contribution < -0.4 is 5.32 Å². The third-order valence-electron chi connectivity index (χ3n) is 5.01. The average molecular weight is 349 g/mol. The molecule has 0 bridgehead atoms. The molecule has 5 heteroatoms. The predicted octanol–water partition coefficient (Wildman–Crippen LogP) is 3.97. The van der Waals surface area contributed by atoms with Gasteiger partial charge in [-0.3, -0.25) is 0 Å². The minimum atomic E-state index is -0.172. The molecule has 1 unspecified atom stereocenters. The van der Waals surface area contributed by atoms with Crippen molar-refractivity contribution < 1.29 is 9.90 Å². The van der Waals surface area contributed by atoms with Crippen molar-refractivity contribution >= 4 is 22.6 Å². The summed E-state index contributed by atoms with van der Waals surface area (Å²) in [6.45, 7) is 0.475. The molecule has 1 heterocycles. The van der Waals surface area contributed by atoms with E-state index in [1.54, 1.807) is 4.90 Å². The Morgan fingerprint density at radius 2 is 2.00 bits per heavy atom. The standard InChI is InChI=1S/C21H23N3O2/c25-14-20(16-6-7-16)24(13-15-4-2-1-3-5-15)21(26)23-18-8-9-19-17(12-18)10-11-22-19/h1-5,8-12,16,20,22,25H,6-7,13-14H2,(H,23,26). The average Bonchev–Trinajstić information content (AvgIpc) is 3.39. The summed E-state index contributed by atoms with van der Waals surface area (Å²) < 4.78 is 0. The van der Waals surface area contributed by atoms with Crippen LogP contribution in [0.4, 0.5) is 10.5 Å². The lowest BCUT2D eigenvalue weighted by Crippen LogP contribution is -2.45. The number of nitrogens with one attached hydrogen (secondary N) is 2. The number of aromatic nitrogens is 1. The highest BCUT2D eigenvalue weighted by molar-refractivity contribution is 5.93. The van der Waals surface area contributed by atoms with Crippen molar-refractivity contribution in [3.05, 3.63) is 66.4 Å². The van der Waals surface area contributed by atoms with Gasteiger partial charge in [-0.2, -0.15) is 0 Å². The van der Waals surface area contributed by atoms with E-state index in [2.05, 4.69) is 10.3 Å². The number of H-pyrrole nitrogens is 1. The number of hydrogen-bond acceptors (Lipinski definition) is 2. The Morgan fingerprint density at radius 3 is 2.73 bits per heavy atom. The number of aliphatic hydroxyl groups excluding tert-OH is 1. The number of nitrogens with zero attached hydrogens (tertiary/aromatic N) is 1. The summed E-state index contributed by atoms with van der Waals surface area (Å²) in [6.07, 6.45) is 4.02. The van der Waals surface area contributed by atoms with Crippen molar-refractivity contribution in [2.24, 2.45) is 5.92 Å². The number of carbonyl (C=O) groups excluding carboxylic acids is 1. The summed E-state index contributed by atoms with van der Waals surface area (Å²) in [5.41, 5.74) is 2.85. The monoisotopic (exact) mass is 349 g/mol. The lowest BCUT2D eigenvalue weighted by atomic mass is 10.1. The Bertz CT molecular complexity index is 886. The minimum Gasteiger partial charge on any atom is -0.394 e. The van der Waals surface area contributed by atoms with Gasteiger partial charge in [0.15, 0.2) is 0 Å². The van der Waals surface area contributed by atoms with Crippen molar-refractivity contribution in [1.82, 2.24) is 9.88 Å². The summed E-state index contributed by atoms with van der Waals surface area (Å²) in [5, 5.41) is 13.9. The van der Waals surface area contributed by atoms with Crippen LogP contribution in [0.15, 0.2) is 60.8 Å². The summed E-state index contributed by atoms with van der Waals surface area (Å²) >= 11 is 0.